The van der Waals surface area contributed by atoms with E-state index in [1.165, 1.54) is 55.2 Å². The van der Waals surface area contributed by atoms with E-state index in [9.17, 15) is 0 Å². The normalized spacial score (nSPS) is 29.0. The Labute approximate surface area is 130 Å². The van der Waals surface area contributed by atoms with Crippen LogP contribution in [0.15, 0.2) is 18.2 Å². The maximum atomic E-state index is 3.83. The summed E-state index contributed by atoms with van der Waals surface area (Å²) in [5.41, 5.74) is 4.33. The highest BCUT2D eigenvalue weighted by Gasteiger charge is 2.40. The molecule has 21 heavy (non-hydrogen) atoms. The van der Waals surface area contributed by atoms with Gasteiger partial charge in [-0.2, -0.15) is 0 Å². The number of hydrogen-bond donors (Lipinski definition) is 1. The minimum Gasteiger partial charge on any atom is -0.310 e. The van der Waals surface area contributed by atoms with Crippen LogP contribution in [0.5, 0.6) is 0 Å². The molecule has 2 saturated carbocycles. The Morgan fingerprint density at radius 3 is 2.43 bits per heavy atom. The van der Waals surface area contributed by atoms with Gasteiger partial charge in [0.1, 0.15) is 0 Å². The van der Waals surface area contributed by atoms with Gasteiger partial charge in [-0.3, -0.25) is 0 Å². The standard InChI is InChI=1S/C20H31N/c1-4-7-21-20(19-9-14(2)8-15(3)10-19)13-18-12-16-5-6-17(18)11-16/h8-10,16-18,20-21H,4-7,11-13H2,1-3H3. The van der Waals surface area contributed by atoms with Crippen LogP contribution in [0.3, 0.4) is 0 Å². The van der Waals surface area contributed by atoms with E-state index < -0.39 is 0 Å². The first-order valence-electron chi connectivity index (χ1n) is 8.97. The Hall–Kier alpha value is -0.820. The lowest BCUT2D eigenvalue weighted by Crippen LogP contribution is -2.26. The van der Waals surface area contributed by atoms with Gasteiger partial charge in [0.05, 0.1) is 0 Å². The molecular weight excluding hydrogens is 254 g/mol. The Kier molecular flexibility index (Phi) is 4.69. The molecule has 2 fully saturated rings. The van der Waals surface area contributed by atoms with Gasteiger partial charge in [-0.15, -0.1) is 0 Å². The summed E-state index contributed by atoms with van der Waals surface area (Å²) in [6, 6.07) is 7.65. The fourth-order valence-electron chi connectivity index (χ4n) is 4.83. The Morgan fingerprint density at radius 1 is 1.10 bits per heavy atom. The van der Waals surface area contributed by atoms with Gasteiger partial charge in [0.25, 0.3) is 0 Å². The van der Waals surface area contributed by atoms with Gasteiger partial charge in [0, 0.05) is 6.04 Å². The Balaban J connectivity index is 1.73. The molecule has 4 atom stereocenters. The molecular formula is C20H31N. The highest BCUT2D eigenvalue weighted by molar-refractivity contribution is 5.30. The van der Waals surface area contributed by atoms with Crippen molar-refractivity contribution in [1.29, 1.82) is 0 Å². The SMILES string of the molecule is CCCNC(CC1CC2CCC1C2)c1cc(C)cc(C)c1. The summed E-state index contributed by atoms with van der Waals surface area (Å²) in [6.07, 6.45) is 8.61. The lowest BCUT2D eigenvalue weighted by Gasteiger charge is -2.28. The third-order valence-corrected chi connectivity index (χ3v) is 5.71. The fourth-order valence-corrected chi connectivity index (χ4v) is 4.83. The maximum Gasteiger partial charge on any atom is 0.0323 e. The zero-order chi connectivity index (χ0) is 14.8. The van der Waals surface area contributed by atoms with Crippen LogP contribution >= 0.6 is 0 Å². The summed E-state index contributed by atoms with van der Waals surface area (Å²) < 4.78 is 0. The van der Waals surface area contributed by atoms with Gasteiger partial charge >= 0.3 is 0 Å². The molecule has 2 aliphatic carbocycles. The number of benzene rings is 1. The number of fused-ring (bicyclic) bond motifs is 2. The third-order valence-electron chi connectivity index (χ3n) is 5.71. The largest absolute Gasteiger partial charge is 0.310 e. The molecule has 0 spiro atoms. The summed E-state index contributed by atoms with van der Waals surface area (Å²) in [4.78, 5) is 0. The van der Waals surface area contributed by atoms with Crippen molar-refractivity contribution in [2.24, 2.45) is 17.8 Å². The first-order chi connectivity index (χ1) is 10.2. The minimum absolute atomic E-state index is 0.563. The van der Waals surface area contributed by atoms with Crippen molar-refractivity contribution in [3.63, 3.8) is 0 Å². The van der Waals surface area contributed by atoms with Crippen LogP contribution in [-0.4, -0.2) is 6.54 Å². The Bertz CT molecular complexity index is 458. The lowest BCUT2D eigenvalue weighted by atomic mass is 9.82. The van der Waals surface area contributed by atoms with Crippen molar-refractivity contribution in [2.45, 2.75) is 65.3 Å². The zero-order valence-electron chi connectivity index (χ0n) is 14.0. The van der Waals surface area contributed by atoms with E-state index in [1.54, 1.807) is 0 Å². The van der Waals surface area contributed by atoms with Crippen LogP contribution in [0.4, 0.5) is 0 Å². The molecule has 0 amide bonds. The molecule has 1 aromatic carbocycles. The Morgan fingerprint density at radius 2 is 1.86 bits per heavy atom. The van der Waals surface area contributed by atoms with Gasteiger partial charge in [-0.25, -0.2) is 0 Å². The van der Waals surface area contributed by atoms with Crippen molar-refractivity contribution >= 4 is 0 Å². The summed E-state index contributed by atoms with van der Waals surface area (Å²) in [7, 11) is 0. The lowest BCUT2D eigenvalue weighted by molar-refractivity contribution is 0.279. The van der Waals surface area contributed by atoms with E-state index in [1.807, 2.05) is 0 Å². The summed E-state index contributed by atoms with van der Waals surface area (Å²) in [5.74, 6) is 3.07. The molecule has 0 aliphatic heterocycles. The molecule has 3 rings (SSSR count). The molecule has 1 nitrogen and oxygen atoms in total. The molecule has 0 radical (unpaired) electrons. The van der Waals surface area contributed by atoms with Crippen molar-refractivity contribution < 1.29 is 0 Å². The first kappa shape index (κ1) is 15.1. The second-order valence-corrected chi connectivity index (χ2v) is 7.60. The van der Waals surface area contributed by atoms with Crippen LogP contribution in [-0.2, 0) is 0 Å². The summed E-state index contributed by atoms with van der Waals surface area (Å²) >= 11 is 0. The first-order valence-corrected chi connectivity index (χ1v) is 8.97. The van der Waals surface area contributed by atoms with Crippen LogP contribution in [0.2, 0.25) is 0 Å². The molecule has 1 aromatic rings. The molecule has 0 saturated heterocycles. The molecule has 116 valence electrons. The minimum atomic E-state index is 0.563. The van der Waals surface area contributed by atoms with Gasteiger partial charge in [0.2, 0.25) is 0 Å². The van der Waals surface area contributed by atoms with Gasteiger partial charge in [-0.05, 0) is 75.8 Å². The molecule has 0 aromatic heterocycles. The van der Waals surface area contributed by atoms with Crippen molar-refractivity contribution in [1.82, 2.24) is 5.32 Å². The second kappa shape index (κ2) is 6.52. The maximum absolute atomic E-state index is 3.83. The van der Waals surface area contributed by atoms with Gasteiger partial charge in [0.15, 0.2) is 0 Å². The molecule has 0 heterocycles. The molecule has 1 N–H and O–H groups in total. The van der Waals surface area contributed by atoms with E-state index in [-0.39, 0.29) is 0 Å². The highest BCUT2D eigenvalue weighted by atomic mass is 14.9. The number of rotatable bonds is 6. The van der Waals surface area contributed by atoms with Gasteiger partial charge in [-0.1, -0.05) is 42.7 Å². The number of nitrogens with one attached hydrogen (secondary N) is 1. The van der Waals surface area contributed by atoms with Crippen LogP contribution in [0.25, 0.3) is 0 Å². The fraction of sp³-hybridized carbons (Fsp3) is 0.700. The van der Waals surface area contributed by atoms with E-state index in [4.69, 9.17) is 0 Å². The quantitative estimate of drug-likeness (QED) is 0.760. The van der Waals surface area contributed by atoms with Gasteiger partial charge < -0.3 is 5.32 Å². The van der Waals surface area contributed by atoms with E-state index in [0.29, 0.717) is 6.04 Å². The number of aryl methyl sites for hydroxylation is 2. The monoisotopic (exact) mass is 285 g/mol. The summed E-state index contributed by atoms with van der Waals surface area (Å²) in [5, 5.41) is 3.83. The van der Waals surface area contributed by atoms with E-state index in [0.717, 1.165) is 24.3 Å². The van der Waals surface area contributed by atoms with Crippen molar-refractivity contribution in [3.05, 3.63) is 34.9 Å². The third kappa shape index (κ3) is 3.51. The van der Waals surface area contributed by atoms with E-state index >= 15 is 0 Å². The smallest absolute Gasteiger partial charge is 0.0323 e. The summed E-state index contributed by atoms with van der Waals surface area (Å²) in [6.45, 7) is 7.86. The molecule has 1 heteroatoms. The van der Waals surface area contributed by atoms with Crippen molar-refractivity contribution in [3.8, 4) is 0 Å². The molecule has 2 aliphatic rings. The van der Waals surface area contributed by atoms with Crippen LogP contribution in [0, 0.1) is 31.6 Å². The number of hydrogen-bond acceptors (Lipinski definition) is 1. The average molecular weight is 285 g/mol. The second-order valence-electron chi connectivity index (χ2n) is 7.60. The molecule has 2 bridgehead atoms. The average Bonchev–Trinajstić information content (AvgIpc) is 3.04. The van der Waals surface area contributed by atoms with Crippen LogP contribution in [0.1, 0.15) is 68.2 Å². The predicted molar refractivity (Wildman–Crippen MR) is 90.5 cm³/mol. The highest BCUT2D eigenvalue weighted by Crippen LogP contribution is 2.51. The van der Waals surface area contributed by atoms with Crippen LogP contribution < -0.4 is 5.32 Å². The molecule has 4 unspecified atom stereocenters. The topological polar surface area (TPSA) is 12.0 Å². The zero-order valence-corrected chi connectivity index (χ0v) is 14.0. The van der Waals surface area contributed by atoms with Crippen molar-refractivity contribution in [2.75, 3.05) is 6.54 Å². The predicted octanol–water partition coefficient (Wildman–Crippen LogP) is 5.17. The van der Waals surface area contributed by atoms with E-state index in [2.05, 4.69) is 44.3 Å².